The van der Waals surface area contributed by atoms with E-state index in [1.54, 1.807) is 0 Å². The Morgan fingerprint density at radius 1 is 0.643 bits per heavy atom. The van der Waals surface area contributed by atoms with E-state index in [1.165, 1.54) is 22.3 Å². The van der Waals surface area contributed by atoms with Crippen molar-refractivity contribution in [1.29, 1.82) is 0 Å². The van der Waals surface area contributed by atoms with E-state index in [-0.39, 0.29) is 14.9 Å². The van der Waals surface area contributed by atoms with Gasteiger partial charge in [0, 0.05) is 0 Å². The van der Waals surface area contributed by atoms with Gasteiger partial charge in [-0.05, 0) is 58.3 Å². The van der Waals surface area contributed by atoms with E-state index < -0.39 is 0 Å². The molecular formula is C14H28. The van der Waals surface area contributed by atoms with Crippen LogP contribution in [0.5, 0.6) is 0 Å². The summed E-state index contributed by atoms with van der Waals surface area (Å²) in [6.45, 7) is 16.7. The van der Waals surface area contributed by atoms with Gasteiger partial charge in [-0.2, -0.15) is 0 Å². The van der Waals surface area contributed by atoms with Crippen molar-refractivity contribution in [3.8, 4) is 0 Å². The van der Waals surface area contributed by atoms with Crippen LogP contribution in [0.3, 0.4) is 0 Å². The summed E-state index contributed by atoms with van der Waals surface area (Å²) < 4.78 is 0. The van der Waals surface area contributed by atoms with Crippen LogP contribution in [0.1, 0.15) is 56.4 Å². The number of rotatable bonds is 2. The highest BCUT2D eigenvalue weighted by Crippen LogP contribution is 2.20. The van der Waals surface area contributed by atoms with Crippen molar-refractivity contribution in [2.45, 2.75) is 56.4 Å². The smallest absolute Gasteiger partial charge is 0.0392 e. The first-order valence-electron chi connectivity index (χ1n) is 4.35. The lowest BCUT2D eigenvalue weighted by Crippen LogP contribution is -1.89. The zero-order valence-corrected chi connectivity index (χ0v) is 9.21. The summed E-state index contributed by atoms with van der Waals surface area (Å²) >= 11 is 0. The molecule has 0 saturated carbocycles. The average molecular weight is 196 g/mol. The molecule has 0 nitrogen and oxygen atoms in total. The molecule has 0 aliphatic rings. The first-order chi connectivity index (χ1) is 5.37. The molecule has 0 rings (SSSR count). The van der Waals surface area contributed by atoms with E-state index in [0.717, 1.165) is 5.57 Å². The van der Waals surface area contributed by atoms with Crippen LogP contribution in [0.25, 0.3) is 0 Å². The van der Waals surface area contributed by atoms with E-state index in [9.17, 15) is 0 Å². The molecule has 0 aromatic heterocycles. The fourth-order valence-corrected chi connectivity index (χ4v) is 0.976. The standard InChI is InChI=1S/C12H20.2CH4/c1-8(2)10(5)12(7)11(6)9(3)4;;/h1H2,2-7H3;2*1H4/b12-10-;;. The summed E-state index contributed by atoms with van der Waals surface area (Å²) in [6, 6.07) is 0. The van der Waals surface area contributed by atoms with Crippen LogP contribution < -0.4 is 0 Å². The quantitative estimate of drug-likeness (QED) is 0.510. The van der Waals surface area contributed by atoms with Crippen molar-refractivity contribution < 1.29 is 0 Å². The number of hydrogen-bond acceptors (Lipinski definition) is 0. The van der Waals surface area contributed by atoms with Crippen LogP contribution in [-0.2, 0) is 0 Å². The van der Waals surface area contributed by atoms with E-state index in [1.807, 2.05) is 0 Å². The SMILES string of the molecule is C.C.C=C(C)/C(C)=C(/C)C(C)=C(C)C. The van der Waals surface area contributed by atoms with Crippen molar-refractivity contribution in [2.24, 2.45) is 0 Å². The normalized spacial score (nSPS) is 10.4. The summed E-state index contributed by atoms with van der Waals surface area (Å²) in [4.78, 5) is 0. The molecule has 0 aliphatic carbocycles. The predicted octanol–water partition coefficient (Wildman–Crippen LogP) is 5.53. The molecule has 0 aromatic rings. The summed E-state index contributed by atoms with van der Waals surface area (Å²) in [5.41, 5.74) is 6.60. The van der Waals surface area contributed by atoms with Gasteiger partial charge in [0.05, 0.1) is 0 Å². The molecule has 0 radical (unpaired) electrons. The third kappa shape index (κ3) is 5.06. The molecule has 0 aromatic carbocycles. The van der Waals surface area contributed by atoms with Gasteiger partial charge in [-0.25, -0.2) is 0 Å². The molecule has 0 heterocycles. The lowest BCUT2D eigenvalue weighted by Gasteiger charge is -2.09. The molecule has 84 valence electrons. The minimum absolute atomic E-state index is 0. The molecule has 0 heteroatoms. The van der Waals surface area contributed by atoms with E-state index in [0.29, 0.717) is 0 Å². The Morgan fingerprint density at radius 3 is 1.21 bits per heavy atom. The van der Waals surface area contributed by atoms with Gasteiger partial charge in [-0.1, -0.05) is 32.6 Å². The first kappa shape index (κ1) is 18.9. The highest BCUT2D eigenvalue weighted by atomic mass is 14.1. The second kappa shape index (κ2) is 7.61. The third-order valence-corrected chi connectivity index (χ3v) is 2.52. The van der Waals surface area contributed by atoms with Crippen molar-refractivity contribution in [2.75, 3.05) is 0 Å². The Kier molecular flexibility index (Phi) is 10.3. The van der Waals surface area contributed by atoms with Gasteiger partial charge in [-0.15, -0.1) is 0 Å². The van der Waals surface area contributed by atoms with Gasteiger partial charge < -0.3 is 0 Å². The van der Waals surface area contributed by atoms with Crippen LogP contribution in [0.4, 0.5) is 0 Å². The van der Waals surface area contributed by atoms with Gasteiger partial charge in [0.15, 0.2) is 0 Å². The van der Waals surface area contributed by atoms with Gasteiger partial charge in [0.25, 0.3) is 0 Å². The van der Waals surface area contributed by atoms with E-state index in [4.69, 9.17) is 0 Å². The predicted molar refractivity (Wildman–Crippen MR) is 70.7 cm³/mol. The molecular weight excluding hydrogens is 168 g/mol. The molecule has 0 unspecified atom stereocenters. The summed E-state index contributed by atoms with van der Waals surface area (Å²) in [5.74, 6) is 0. The Balaban J connectivity index is -0.000000605. The highest BCUT2D eigenvalue weighted by Gasteiger charge is 2.00. The monoisotopic (exact) mass is 196 g/mol. The van der Waals surface area contributed by atoms with Crippen LogP contribution in [0, 0.1) is 0 Å². The topological polar surface area (TPSA) is 0 Å². The summed E-state index contributed by atoms with van der Waals surface area (Å²) in [5, 5.41) is 0. The first-order valence-corrected chi connectivity index (χ1v) is 4.35. The summed E-state index contributed by atoms with van der Waals surface area (Å²) in [6.07, 6.45) is 0. The molecule has 0 atom stereocenters. The lowest BCUT2D eigenvalue weighted by atomic mass is 9.97. The van der Waals surface area contributed by atoms with Crippen molar-refractivity contribution >= 4 is 0 Å². The molecule has 0 bridgehead atoms. The largest absolute Gasteiger partial charge is 0.0958 e. The maximum Gasteiger partial charge on any atom is -0.0392 e. The Bertz CT molecular complexity index is 245. The third-order valence-electron chi connectivity index (χ3n) is 2.52. The molecule has 0 fully saturated rings. The van der Waals surface area contributed by atoms with Crippen LogP contribution in [0.15, 0.2) is 34.4 Å². The lowest BCUT2D eigenvalue weighted by molar-refractivity contribution is 1.17. The summed E-state index contributed by atoms with van der Waals surface area (Å²) in [7, 11) is 0. The molecule has 0 amide bonds. The highest BCUT2D eigenvalue weighted by molar-refractivity contribution is 5.41. The van der Waals surface area contributed by atoms with Crippen molar-refractivity contribution in [3.63, 3.8) is 0 Å². The minimum Gasteiger partial charge on any atom is -0.0958 e. The maximum atomic E-state index is 3.94. The number of allylic oxidation sites excluding steroid dienone is 5. The van der Waals surface area contributed by atoms with Gasteiger partial charge >= 0.3 is 0 Å². The fraction of sp³-hybridized carbons (Fsp3) is 0.571. The second-order valence-electron chi connectivity index (χ2n) is 3.66. The minimum atomic E-state index is 0. The zero-order chi connectivity index (χ0) is 9.89. The molecule has 14 heavy (non-hydrogen) atoms. The van der Waals surface area contributed by atoms with Gasteiger partial charge in [0.2, 0.25) is 0 Å². The average Bonchev–Trinajstić information content (AvgIpc) is 2.00. The molecule has 0 saturated heterocycles. The van der Waals surface area contributed by atoms with E-state index in [2.05, 4.69) is 48.1 Å². The van der Waals surface area contributed by atoms with Gasteiger partial charge in [0.1, 0.15) is 0 Å². The van der Waals surface area contributed by atoms with Crippen LogP contribution in [-0.4, -0.2) is 0 Å². The van der Waals surface area contributed by atoms with Gasteiger partial charge in [-0.3, -0.25) is 0 Å². The maximum absolute atomic E-state index is 3.94. The Morgan fingerprint density at radius 2 is 1.00 bits per heavy atom. The molecule has 0 aliphatic heterocycles. The molecule has 0 N–H and O–H groups in total. The second-order valence-corrected chi connectivity index (χ2v) is 3.66. The fourth-order valence-electron chi connectivity index (χ4n) is 0.976. The Labute approximate surface area is 91.4 Å². The number of hydrogen-bond donors (Lipinski definition) is 0. The van der Waals surface area contributed by atoms with E-state index >= 15 is 0 Å². The van der Waals surface area contributed by atoms with Crippen molar-refractivity contribution in [1.82, 2.24) is 0 Å². The van der Waals surface area contributed by atoms with Crippen LogP contribution >= 0.6 is 0 Å². The molecule has 0 spiro atoms. The van der Waals surface area contributed by atoms with Crippen molar-refractivity contribution in [3.05, 3.63) is 34.4 Å². The zero-order valence-electron chi connectivity index (χ0n) is 9.21. The Hall–Kier alpha value is -0.780. The van der Waals surface area contributed by atoms with Crippen LogP contribution in [0.2, 0.25) is 0 Å².